The monoisotopic (exact) mass is 398 g/mol. The molecule has 2 bridgehead atoms. The number of ether oxygens (including phenoxy) is 1. The third-order valence-corrected chi connectivity index (χ3v) is 5.66. The first kappa shape index (κ1) is 16.1. The molecule has 4 atom stereocenters. The number of imide groups is 1. The summed E-state index contributed by atoms with van der Waals surface area (Å²) in [5.74, 6) is 2.58. The van der Waals surface area contributed by atoms with Gasteiger partial charge in [-0.2, -0.15) is 10.1 Å². The summed E-state index contributed by atoms with van der Waals surface area (Å²) in [5, 5.41) is 5.19. The van der Waals surface area contributed by atoms with E-state index in [1.807, 2.05) is 0 Å². The number of hydrogen-bond acceptors (Lipinski definition) is 4. The molecule has 5 nitrogen and oxygen atoms in total. The number of amides is 2. The van der Waals surface area contributed by atoms with Crippen LogP contribution >= 0.6 is 15.9 Å². The highest BCUT2D eigenvalue weighted by molar-refractivity contribution is 9.10. The van der Waals surface area contributed by atoms with E-state index in [0.29, 0.717) is 5.75 Å². The van der Waals surface area contributed by atoms with Crippen LogP contribution in [0.2, 0.25) is 0 Å². The van der Waals surface area contributed by atoms with E-state index in [1.165, 1.54) is 6.21 Å². The first-order chi connectivity index (χ1) is 12.1. The minimum absolute atomic E-state index is 0.183. The fourth-order valence-corrected chi connectivity index (χ4v) is 4.47. The molecule has 4 rings (SSSR count). The topological polar surface area (TPSA) is 59.0 Å². The van der Waals surface area contributed by atoms with Crippen molar-refractivity contribution in [2.24, 2.45) is 28.8 Å². The molecule has 2 fully saturated rings. The third-order valence-electron chi connectivity index (χ3n) is 5.04. The van der Waals surface area contributed by atoms with Gasteiger partial charge < -0.3 is 4.74 Å². The average molecular weight is 399 g/mol. The normalized spacial score (nSPS) is 29.5. The number of hydrogen-bond donors (Lipinski definition) is 0. The summed E-state index contributed by atoms with van der Waals surface area (Å²) in [5.41, 5.74) is 0.749. The Balaban J connectivity index is 1.51. The van der Waals surface area contributed by atoms with E-state index in [4.69, 9.17) is 11.2 Å². The number of carbonyl (C=O) groups excluding carboxylic acids is 2. The van der Waals surface area contributed by atoms with E-state index in [9.17, 15) is 9.59 Å². The molecule has 3 aliphatic rings. The Labute approximate surface area is 153 Å². The summed E-state index contributed by atoms with van der Waals surface area (Å²) in [4.78, 5) is 25.1. The second kappa shape index (κ2) is 6.16. The summed E-state index contributed by atoms with van der Waals surface area (Å²) >= 11 is 3.41. The van der Waals surface area contributed by atoms with Gasteiger partial charge in [-0.25, -0.2) is 0 Å². The van der Waals surface area contributed by atoms with Crippen LogP contribution < -0.4 is 4.74 Å². The number of terminal acetylenes is 1. The molecule has 0 N–H and O–H groups in total. The molecular formula is C19H15BrN2O3. The standard InChI is InChI=1S/C19H15BrN2O3/c1-2-7-25-15-6-3-11(8-14(15)20)10-21-22-18(23)16-12-4-5-13(9-12)17(16)19(22)24/h1,3-6,8,10,12-13,16-17H,7,9H2. The van der Waals surface area contributed by atoms with Crippen LogP contribution in [0.1, 0.15) is 12.0 Å². The maximum Gasteiger partial charge on any atom is 0.254 e. The minimum atomic E-state index is -0.231. The van der Waals surface area contributed by atoms with E-state index in [1.54, 1.807) is 18.2 Å². The van der Waals surface area contributed by atoms with Crippen LogP contribution in [0.4, 0.5) is 0 Å². The molecule has 1 saturated carbocycles. The van der Waals surface area contributed by atoms with Gasteiger partial charge in [-0.05, 0) is 57.9 Å². The highest BCUT2D eigenvalue weighted by atomic mass is 79.9. The minimum Gasteiger partial charge on any atom is -0.480 e. The van der Waals surface area contributed by atoms with Gasteiger partial charge in [0.05, 0.1) is 22.5 Å². The highest BCUT2D eigenvalue weighted by Crippen LogP contribution is 2.52. The highest BCUT2D eigenvalue weighted by Gasteiger charge is 2.59. The van der Waals surface area contributed by atoms with Gasteiger partial charge >= 0.3 is 0 Å². The number of carbonyl (C=O) groups is 2. The van der Waals surface area contributed by atoms with Crippen molar-refractivity contribution in [3.05, 3.63) is 40.4 Å². The van der Waals surface area contributed by atoms with Gasteiger partial charge in [-0.15, -0.1) is 6.42 Å². The Morgan fingerprint density at radius 3 is 2.56 bits per heavy atom. The van der Waals surface area contributed by atoms with Crippen molar-refractivity contribution in [3.8, 4) is 18.1 Å². The number of rotatable bonds is 4. The molecule has 1 aliphatic heterocycles. The molecule has 1 saturated heterocycles. The molecule has 2 amide bonds. The molecule has 1 aromatic rings. The fraction of sp³-hybridized carbons (Fsp3) is 0.316. The smallest absolute Gasteiger partial charge is 0.254 e. The molecule has 4 unspecified atom stereocenters. The van der Waals surface area contributed by atoms with Crippen LogP contribution in [-0.2, 0) is 9.59 Å². The van der Waals surface area contributed by atoms with Gasteiger partial charge in [-0.3, -0.25) is 9.59 Å². The predicted octanol–water partition coefficient (Wildman–Crippen LogP) is 2.60. The lowest BCUT2D eigenvalue weighted by Crippen LogP contribution is -2.28. The third kappa shape index (κ3) is 2.59. The molecule has 25 heavy (non-hydrogen) atoms. The molecule has 0 aromatic heterocycles. The lowest BCUT2D eigenvalue weighted by atomic mass is 9.85. The van der Waals surface area contributed by atoms with Crippen LogP contribution in [0.3, 0.4) is 0 Å². The Morgan fingerprint density at radius 2 is 1.96 bits per heavy atom. The van der Waals surface area contributed by atoms with Gasteiger partial charge in [0.2, 0.25) is 0 Å². The van der Waals surface area contributed by atoms with Crippen molar-refractivity contribution >= 4 is 34.0 Å². The second-order valence-electron chi connectivity index (χ2n) is 6.42. The summed E-state index contributed by atoms with van der Waals surface area (Å²) < 4.78 is 6.11. The number of allylic oxidation sites excluding steroid dienone is 2. The quantitative estimate of drug-likeness (QED) is 0.339. The fourth-order valence-electron chi connectivity index (χ4n) is 3.96. The van der Waals surface area contributed by atoms with Crippen LogP contribution in [-0.4, -0.2) is 29.6 Å². The molecule has 6 heteroatoms. The van der Waals surface area contributed by atoms with Crippen molar-refractivity contribution in [2.45, 2.75) is 6.42 Å². The lowest BCUT2D eigenvalue weighted by Gasteiger charge is -2.13. The summed E-state index contributed by atoms with van der Waals surface area (Å²) in [7, 11) is 0. The van der Waals surface area contributed by atoms with E-state index in [0.717, 1.165) is 21.5 Å². The molecule has 126 valence electrons. The van der Waals surface area contributed by atoms with Crippen molar-refractivity contribution in [1.29, 1.82) is 0 Å². The van der Waals surface area contributed by atoms with E-state index in [2.05, 4.69) is 39.1 Å². The van der Waals surface area contributed by atoms with Gasteiger partial charge in [0, 0.05) is 0 Å². The number of halogens is 1. The molecular weight excluding hydrogens is 384 g/mol. The van der Waals surface area contributed by atoms with E-state index < -0.39 is 0 Å². The van der Waals surface area contributed by atoms with Crippen LogP contribution in [0.25, 0.3) is 0 Å². The van der Waals surface area contributed by atoms with Gasteiger partial charge in [0.1, 0.15) is 12.4 Å². The van der Waals surface area contributed by atoms with E-state index in [-0.39, 0.29) is 42.1 Å². The molecule has 2 aliphatic carbocycles. The van der Waals surface area contributed by atoms with Crippen LogP contribution in [0.5, 0.6) is 5.75 Å². The molecule has 1 aromatic carbocycles. The first-order valence-electron chi connectivity index (χ1n) is 8.06. The summed E-state index contributed by atoms with van der Waals surface area (Å²) in [6, 6.07) is 5.35. The Morgan fingerprint density at radius 1 is 1.28 bits per heavy atom. The number of benzene rings is 1. The van der Waals surface area contributed by atoms with Crippen molar-refractivity contribution in [2.75, 3.05) is 6.61 Å². The van der Waals surface area contributed by atoms with Crippen molar-refractivity contribution < 1.29 is 14.3 Å². The zero-order valence-corrected chi connectivity index (χ0v) is 14.8. The molecule has 0 spiro atoms. The lowest BCUT2D eigenvalue weighted by molar-refractivity contribution is -0.140. The van der Waals surface area contributed by atoms with E-state index >= 15 is 0 Å². The van der Waals surface area contributed by atoms with Crippen molar-refractivity contribution in [3.63, 3.8) is 0 Å². The second-order valence-corrected chi connectivity index (χ2v) is 7.27. The van der Waals surface area contributed by atoms with Crippen LogP contribution in [0.15, 0.2) is 39.9 Å². The number of nitrogens with zero attached hydrogens (tertiary/aromatic N) is 2. The largest absolute Gasteiger partial charge is 0.480 e. The molecule has 0 radical (unpaired) electrons. The maximum atomic E-state index is 12.6. The van der Waals surface area contributed by atoms with Crippen molar-refractivity contribution in [1.82, 2.24) is 5.01 Å². The van der Waals surface area contributed by atoms with Gasteiger partial charge in [-0.1, -0.05) is 18.1 Å². The average Bonchev–Trinajstić information content (AvgIpc) is 3.27. The SMILES string of the molecule is C#CCOc1ccc(C=NN2C(=O)C3C4C=CC(C4)C3C2=O)cc1Br. The van der Waals surface area contributed by atoms with Gasteiger partial charge in [0.15, 0.2) is 0 Å². The number of hydrazone groups is 1. The zero-order valence-electron chi connectivity index (χ0n) is 13.3. The Hall–Kier alpha value is -2.39. The predicted molar refractivity (Wildman–Crippen MR) is 95.6 cm³/mol. The first-order valence-corrected chi connectivity index (χ1v) is 8.85. The van der Waals surface area contributed by atoms with Gasteiger partial charge in [0.25, 0.3) is 11.8 Å². The number of fused-ring (bicyclic) bond motifs is 5. The maximum absolute atomic E-state index is 12.6. The summed E-state index contributed by atoms with van der Waals surface area (Å²) in [6.07, 6.45) is 11.7. The Kier molecular flexibility index (Phi) is 3.97. The zero-order chi connectivity index (χ0) is 17.6. The van der Waals surface area contributed by atoms with Crippen LogP contribution in [0, 0.1) is 36.0 Å². The summed E-state index contributed by atoms with van der Waals surface area (Å²) in [6.45, 7) is 0.183. The Bertz CT molecular complexity index is 825. The molecule has 1 heterocycles.